The highest BCUT2D eigenvalue weighted by Gasteiger charge is 2.39. The Kier molecular flexibility index (Phi) is 6.61. The van der Waals surface area contributed by atoms with Crippen LogP contribution in [0.1, 0.15) is 26.5 Å². The van der Waals surface area contributed by atoms with Crippen LogP contribution in [0.5, 0.6) is 5.75 Å². The molecule has 30 heavy (non-hydrogen) atoms. The standard InChI is InChI=1S/C18H25N3O9/c1-4-27-16(24)18(2,3)30-17(25)29-10-28-14-11(22)5-6-21-13(14)15(23)20-7-8-26-9-12(20)19-21/h5-6,12,17,19,25H,4,7-10H2,1-3H3/p+1/t12-,17?/m0/s1. The first-order chi connectivity index (χ1) is 14.2. The Bertz CT molecular complexity index is 880. The fourth-order valence-electron chi connectivity index (χ4n) is 3.03. The van der Waals surface area contributed by atoms with Crippen LogP contribution >= 0.6 is 0 Å². The van der Waals surface area contributed by atoms with Gasteiger partial charge in [0.2, 0.25) is 16.9 Å². The SMILES string of the molecule is CCOC(=O)C(C)(C)OC(O)OCOc1c2n(ccc1=O)N[C@@H]1COCC[N+]1=C2O. The van der Waals surface area contributed by atoms with Gasteiger partial charge in [-0.1, -0.05) is 0 Å². The number of carbonyl (C=O) groups is 1. The topological polar surface area (TPSA) is 141 Å². The van der Waals surface area contributed by atoms with Gasteiger partial charge in [0.1, 0.15) is 13.2 Å². The van der Waals surface area contributed by atoms with Crippen molar-refractivity contribution in [3.05, 3.63) is 28.2 Å². The van der Waals surface area contributed by atoms with Crippen molar-refractivity contribution in [2.24, 2.45) is 0 Å². The van der Waals surface area contributed by atoms with Gasteiger partial charge in [-0.2, -0.15) is 4.58 Å². The van der Waals surface area contributed by atoms with Gasteiger partial charge >= 0.3 is 11.9 Å². The average molecular weight is 428 g/mol. The molecule has 0 aromatic carbocycles. The summed E-state index contributed by atoms with van der Waals surface area (Å²) in [6, 6.07) is 1.26. The van der Waals surface area contributed by atoms with Crippen molar-refractivity contribution in [1.82, 2.24) is 4.68 Å². The molecule has 0 spiro atoms. The summed E-state index contributed by atoms with van der Waals surface area (Å²) in [6.45, 7) is 3.45. The molecule has 12 nitrogen and oxygen atoms in total. The molecular formula is C18H26N3O9+. The molecule has 1 unspecified atom stereocenters. The van der Waals surface area contributed by atoms with Crippen LogP contribution in [0.3, 0.4) is 0 Å². The summed E-state index contributed by atoms with van der Waals surface area (Å²) in [4.78, 5) is 24.1. The lowest BCUT2D eigenvalue weighted by Crippen LogP contribution is -2.54. The van der Waals surface area contributed by atoms with Gasteiger partial charge in [-0.15, -0.1) is 0 Å². The second-order valence-corrected chi connectivity index (χ2v) is 7.05. The highest BCUT2D eigenvalue weighted by molar-refractivity contribution is 5.90. The van der Waals surface area contributed by atoms with Gasteiger partial charge in [-0.05, 0) is 20.8 Å². The zero-order chi connectivity index (χ0) is 21.9. The number of carbonyl (C=O) groups excluding carboxylic acids is 1. The quantitative estimate of drug-likeness (QED) is 0.270. The zero-order valence-corrected chi connectivity index (χ0v) is 17.0. The fraction of sp³-hybridized carbons (Fsp3) is 0.611. The molecule has 2 atom stereocenters. The highest BCUT2D eigenvalue weighted by Crippen LogP contribution is 2.19. The molecule has 1 saturated heterocycles. The number of aliphatic hydroxyl groups is 2. The first-order valence-corrected chi connectivity index (χ1v) is 9.45. The van der Waals surface area contributed by atoms with Crippen LogP contribution < -0.4 is 15.6 Å². The van der Waals surface area contributed by atoms with E-state index in [1.54, 1.807) is 11.5 Å². The van der Waals surface area contributed by atoms with E-state index in [1.165, 1.54) is 30.8 Å². The molecule has 0 bridgehead atoms. The maximum Gasteiger partial charge on any atom is 0.392 e. The second-order valence-electron chi connectivity index (χ2n) is 7.05. The van der Waals surface area contributed by atoms with E-state index in [1.807, 2.05) is 0 Å². The molecule has 0 saturated carbocycles. The average Bonchev–Trinajstić information content (AvgIpc) is 2.70. The molecule has 2 aliphatic heterocycles. The number of nitrogens with zero attached hydrogens (tertiary/aromatic N) is 2. The van der Waals surface area contributed by atoms with Crippen LogP contribution in [0.4, 0.5) is 0 Å². The van der Waals surface area contributed by atoms with Crippen LogP contribution in [0, 0.1) is 0 Å². The zero-order valence-electron chi connectivity index (χ0n) is 17.0. The van der Waals surface area contributed by atoms with E-state index in [4.69, 9.17) is 23.7 Å². The van der Waals surface area contributed by atoms with E-state index < -0.39 is 30.3 Å². The van der Waals surface area contributed by atoms with E-state index in [0.29, 0.717) is 19.8 Å². The third-order valence-corrected chi connectivity index (χ3v) is 4.53. The third-order valence-electron chi connectivity index (χ3n) is 4.53. The maximum absolute atomic E-state index is 12.3. The molecule has 1 aromatic heterocycles. The lowest BCUT2D eigenvalue weighted by Gasteiger charge is -2.29. The van der Waals surface area contributed by atoms with Crippen molar-refractivity contribution in [2.75, 3.05) is 38.6 Å². The number of morpholine rings is 1. The highest BCUT2D eigenvalue weighted by atomic mass is 16.8. The number of aromatic nitrogens is 1. The Labute approximate surface area is 172 Å². The smallest absolute Gasteiger partial charge is 0.392 e. The molecule has 0 radical (unpaired) electrons. The monoisotopic (exact) mass is 428 g/mol. The number of nitrogens with one attached hydrogen (secondary N) is 1. The molecule has 3 N–H and O–H groups in total. The Hall–Kier alpha value is -2.67. The third kappa shape index (κ3) is 4.56. The number of fused-ring (bicyclic) bond motifs is 2. The van der Waals surface area contributed by atoms with Gasteiger partial charge in [-0.3, -0.25) is 15.0 Å². The van der Waals surface area contributed by atoms with Crippen LogP contribution in [0.15, 0.2) is 17.1 Å². The van der Waals surface area contributed by atoms with Gasteiger partial charge < -0.3 is 29.2 Å². The van der Waals surface area contributed by atoms with Crippen molar-refractivity contribution in [3.63, 3.8) is 0 Å². The number of esters is 1. The van der Waals surface area contributed by atoms with Gasteiger partial charge in [-0.25, -0.2) is 9.47 Å². The van der Waals surface area contributed by atoms with E-state index in [2.05, 4.69) is 5.43 Å². The molecule has 3 heterocycles. The summed E-state index contributed by atoms with van der Waals surface area (Å²) in [6.07, 6.45) is 1.17. The van der Waals surface area contributed by atoms with Crippen LogP contribution in [-0.2, 0) is 23.7 Å². The van der Waals surface area contributed by atoms with E-state index in [0.717, 1.165) is 0 Å². The van der Waals surface area contributed by atoms with E-state index in [-0.39, 0.29) is 30.1 Å². The van der Waals surface area contributed by atoms with Gasteiger partial charge in [0.15, 0.2) is 18.9 Å². The number of aliphatic hydroxyl groups excluding tert-OH is 2. The van der Waals surface area contributed by atoms with E-state index >= 15 is 0 Å². The van der Waals surface area contributed by atoms with Crippen molar-refractivity contribution in [1.29, 1.82) is 0 Å². The number of hydrogen-bond acceptors (Lipinski definition) is 9. The molecule has 3 rings (SSSR count). The normalized spacial score (nSPS) is 19.4. The maximum atomic E-state index is 12.3. The molecule has 1 fully saturated rings. The summed E-state index contributed by atoms with van der Waals surface area (Å²) in [5.74, 6) is -0.992. The number of ether oxygens (including phenoxy) is 5. The Morgan fingerprint density at radius 2 is 2.27 bits per heavy atom. The molecule has 12 heteroatoms. The predicted molar refractivity (Wildman–Crippen MR) is 101 cm³/mol. The molecule has 0 aliphatic carbocycles. The largest absolute Gasteiger partial charge is 0.464 e. The van der Waals surface area contributed by atoms with Gasteiger partial charge in [0, 0.05) is 12.3 Å². The predicted octanol–water partition coefficient (Wildman–Crippen LogP) is -0.934. The van der Waals surface area contributed by atoms with Crippen molar-refractivity contribution in [2.45, 2.75) is 39.0 Å². The Morgan fingerprint density at radius 1 is 1.50 bits per heavy atom. The summed E-state index contributed by atoms with van der Waals surface area (Å²) in [5, 5.41) is 20.6. The van der Waals surface area contributed by atoms with Crippen LogP contribution in [0.2, 0.25) is 0 Å². The first kappa shape index (κ1) is 22.0. The number of pyridine rings is 1. The van der Waals surface area contributed by atoms with E-state index in [9.17, 15) is 19.8 Å². The minimum Gasteiger partial charge on any atom is -0.464 e. The van der Waals surface area contributed by atoms with Gasteiger partial charge in [0.25, 0.3) is 12.6 Å². The van der Waals surface area contributed by atoms with Crippen LogP contribution in [0.25, 0.3) is 0 Å². The molecule has 166 valence electrons. The minimum atomic E-state index is -1.81. The lowest BCUT2D eigenvalue weighted by molar-refractivity contribution is -0.591. The summed E-state index contributed by atoms with van der Waals surface area (Å²) >= 11 is 0. The first-order valence-electron chi connectivity index (χ1n) is 9.45. The second kappa shape index (κ2) is 9.00. The Balaban J connectivity index is 1.69. The summed E-state index contributed by atoms with van der Waals surface area (Å²) in [7, 11) is 0. The van der Waals surface area contributed by atoms with Crippen molar-refractivity contribution >= 4 is 11.9 Å². The minimum absolute atomic E-state index is 0.117. The molecule has 0 amide bonds. The van der Waals surface area contributed by atoms with Crippen molar-refractivity contribution < 1.29 is 43.3 Å². The summed E-state index contributed by atoms with van der Waals surface area (Å²) < 4.78 is 28.9. The lowest BCUT2D eigenvalue weighted by atomic mass is 10.1. The number of hydrogen-bond donors (Lipinski definition) is 3. The van der Waals surface area contributed by atoms with Crippen LogP contribution in [-0.4, -0.2) is 82.7 Å². The molecule has 2 aliphatic rings. The van der Waals surface area contributed by atoms with Crippen molar-refractivity contribution in [3.8, 4) is 5.75 Å². The fourth-order valence-corrected chi connectivity index (χ4v) is 3.03. The Morgan fingerprint density at radius 3 is 3.00 bits per heavy atom. The number of rotatable bonds is 8. The molecule has 1 aromatic rings. The summed E-state index contributed by atoms with van der Waals surface area (Å²) in [5.41, 5.74) is 1.27. The molecular weight excluding hydrogens is 402 g/mol. The van der Waals surface area contributed by atoms with Gasteiger partial charge in [0.05, 0.1) is 6.61 Å².